The summed E-state index contributed by atoms with van der Waals surface area (Å²) >= 11 is 5.91. The molecule has 8 heteroatoms. The third kappa shape index (κ3) is 4.20. The van der Waals surface area contributed by atoms with E-state index in [0.29, 0.717) is 29.4 Å². The Morgan fingerprint density at radius 3 is 2.54 bits per heavy atom. The van der Waals surface area contributed by atoms with Gasteiger partial charge >= 0.3 is 0 Å². The first-order valence-corrected chi connectivity index (χ1v) is 10.8. The highest BCUT2D eigenvalue weighted by atomic mass is 35.5. The molecular formula is C20H20ClN3O3S. The molecule has 0 bridgehead atoms. The Morgan fingerprint density at radius 2 is 1.86 bits per heavy atom. The number of aryl methyl sites for hydroxylation is 1. The molecule has 0 spiro atoms. The molecule has 146 valence electrons. The standard InChI is InChI=1S/C20H20ClN3O3S/c1-14-5-6-15(12-19(14)28(26,27)24-9-3-2-4-10-24)20(25)23-17-7-8-18(21)16(11-17)13-22/h5-8,11-12H,2-4,9-10H2,1H3,(H,23,25). The van der Waals surface area contributed by atoms with Crippen LogP contribution >= 0.6 is 11.6 Å². The molecule has 3 rings (SSSR count). The van der Waals surface area contributed by atoms with E-state index in [1.807, 2.05) is 6.07 Å². The largest absolute Gasteiger partial charge is 0.322 e. The first kappa shape index (κ1) is 20.3. The lowest BCUT2D eigenvalue weighted by molar-refractivity contribution is 0.102. The van der Waals surface area contributed by atoms with Gasteiger partial charge in [0.2, 0.25) is 10.0 Å². The van der Waals surface area contributed by atoms with Gasteiger partial charge in [-0.3, -0.25) is 4.79 Å². The van der Waals surface area contributed by atoms with Crippen LogP contribution in [0.2, 0.25) is 5.02 Å². The summed E-state index contributed by atoms with van der Waals surface area (Å²) in [6, 6.07) is 11.2. The van der Waals surface area contributed by atoms with Gasteiger partial charge in [-0.2, -0.15) is 9.57 Å². The second kappa shape index (κ2) is 8.31. The summed E-state index contributed by atoms with van der Waals surface area (Å²) < 4.78 is 27.5. The molecule has 1 saturated heterocycles. The van der Waals surface area contributed by atoms with Gasteiger partial charge in [0.1, 0.15) is 6.07 Å². The number of halogens is 1. The van der Waals surface area contributed by atoms with Crippen LogP contribution in [0.5, 0.6) is 0 Å². The van der Waals surface area contributed by atoms with Crippen LogP contribution in [0.25, 0.3) is 0 Å². The fourth-order valence-electron chi connectivity index (χ4n) is 3.16. The van der Waals surface area contributed by atoms with Gasteiger partial charge in [-0.25, -0.2) is 8.42 Å². The zero-order chi connectivity index (χ0) is 20.3. The molecule has 0 saturated carbocycles. The number of carbonyl (C=O) groups is 1. The fourth-order valence-corrected chi connectivity index (χ4v) is 5.08. The van der Waals surface area contributed by atoms with Crippen LogP contribution in [-0.4, -0.2) is 31.7 Å². The predicted molar refractivity (Wildman–Crippen MR) is 108 cm³/mol. The van der Waals surface area contributed by atoms with Crippen molar-refractivity contribution in [3.8, 4) is 6.07 Å². The van der Waals surface area contributed by atoms with Gasteiger partial charge in [-0.1, -0.05) is 24.1 Å². The van der Waals surface area contributed by atoms with E-state index in [1.165, 1.54) is 22.5 Å². The maximum absolute atomic E-state index is 13.0. The number of benzene rings is 2. The molecule has 0 atom stereocenters. The number of piperidine rings is 1. The second-order valence-electron chi connectivity index (χ2n) is 6.71. The highest BCUT2D eigenvalue weighted by molar-refractivity contribution is 7.89. The van der Waals surface area contributed by atoms with Crippen molar-refractivity contribution in [3.63, 3.8) is 0 Å². The first-order chi connectivity index (χ1) is 13.3. The van der Waals surface area contributed by atoms with Gasteiger partial charge in [0.05, 0.1) is 15.5 Å². The molecular weight excluding hydrogens is 398 g/mol. The summed E-state index contributed by atoms with van der Waals surface area (Å²) in [5.74, 6) is -0.457. The number of hydrogen-bond donors (Lipinski definition) is 1. The van der Waals surface area contributed by atoms with Crippen molar-refractivity contribution in [1.82, 2.24) is 4.31 Å². The van der Waals surface area contributed by atoms with Crippen LogP contribution in [0.1, 0.15) is 40.7 Å². The van der Waals surface area contributed by atoms with Crippen molar-refractivity contribution in [2.75, 3.05) is 18.4 Å². The lowest BCUT2D eigenvalue weighted by Gasteiger charge is -2.26. The second-order valence-corrected chi connectivity index (χ2v) is 9.02. The molecule has 1 fully saturated rings. The van der Waals surface area contributed by atoms with Crippen molar-refractivity contribution in [2.45, 2.75) is 31.1 Å². The minimum absolute atomic E-state index is 0.149. The molecule has 28 heavy (non-hydrogen) atoms. The van der Waals surface area contributed by atoms with Gasteiger partial charge in [0.25, 0.3) is 5.91 Å². The van der Waals surface area contributed by atoms with E-state index >= 15 is 0 Å². The molecule has 1 amide bonds. The van der Waals surface area contributed by atoms with Crippen LogP contribution in [-0.2, 0) is 10.0 Å². The minimum Gasteiger partial charge on any atom is -0.322 e. The third-order valence-electron chi connectivity index (χ3n) is 4.73. The Balaban J connectivity index is 1.88. The highest BCUT2D eigenvalue weighted by Gasteiger charge is 2.28. The molecule has 1 aliphatic rings. The number of nitrogens with zero attached hydrogens (tertiary/aromatic N) is 2. The number of carbonyl (C=O) groups excluding carboxylic acids is 1. The monoisotopic (exact) mass is 417 g/mol. The molecule has 0 aromatic heterocycles. The van der Waals surface area contributed by atoms with E-state index in [1.54, 1.807) is 25.1 Å². The van der Waals surface area contributed by atoms with E-state index in [0.717, 1.165) is 19.3 Å². The van der Waals surface area contributed by atoms with Gasteiger partial charge in [-0.05, 0) is 55.7 Å². The maximum Gasteiger partial charge on any atom is 0.255 e. The zero-order valence-corrected chi connectivity index (χ0v) is 17.0. The van der Waals surface area contributed by atoms with Crippen LogP contribution in [0.3, 0.4) is 0 Å². The average molecular weight is 418 g/mol. The van der Waals surface area contributed by atoms with Crippen molar-refractivity contribution in [2.24, 2.45) is 0 Å². The number of nitrogens with one attached hydrogen (secondary N) is 1. The molecule has 0 aliphatic carbocycles. The Labute approximate surface area is 169 Å². The van der Waals surface area contributed by atoms with Crippen molar-refractivity contribution in [1.29, 1.82) is 5.26 Å². The average Bonchev–Trinajstić information content (AvgIpc) is 2.70. The molecule has 6 nitrogen and oxygen atoms in total. The number of anilines is 1. The quantitative estimate of drug-likeness (QED) is 0.815. The van der Waals surface area contributed by atoms with Crippen LogP contribution in [0.4, 0.5) is 5.69 Å². The summed E-state index contributed by atoms with van der Waals surface area (Å²) in [5.41, 5.74) is 1.48. The Morgan fingerprint density at radius 1 is 1.14 bits per heavy atom. The smallest absolute Gasteiger partial charge is 0.255 e. The van der Waals surface area contributed by atoms with Crippen LogP contribution in [0, 0.1) is 18.3 Å². The van der Waals surface area contributed by atoms with Crippen molar-refractivity contribution < 1.29 is 13.2 Å². The Kier molecular flexibility index (Phi) is 6.04. The third-order valence-corrected chi connectivity index (χ3v) is 7.10. The molecule has 2 aromatic rings. The lowest BCUT2D eigenvalue weighted by atomic mass is 10.1. The molecule has 0 radical (unpaired) electrons. The molecule has 1 heterocycles. The summed E-state index contributed by atoms with van der Waals surface area (Å²) in [7, 11) is -3.65. The topological polar surface area (TPSA) is 90.3 Å². The van der Waals surface area contributed by atoms with E-state index in [2.05, 4.69) is 5.32 Å². The number of nitriles is 1. The van der Waals surface area contributed by atoms with E-state index < -0.39 is 15.9 Å². The highest BCUT2D eigenvalue weighted by Crippen LogP contribution is 2.25. The van der Waals surface area contributed by atoms with E-state index in [-0.39, 0.29) is 16.0 Å². The number of sulfonamides is 1. The number of amides is 1. The molecule has 0 unspecified atom stereocenters. The van der Waals surface area contributed by atoms with Gasteiger partial charge < -0.3 is 5.32 Å². The number of rotatable bonds is 4. The summed E-state index contributed by atoms with van der Waals surface area (Å²) in [6.45, 7) is 2.72. The van der Waals surface area contributed by atoms with E-state index in [9.17, 15) is 13.2 Å². The zero-order valence-electron chi connectivity index (χ0n) is 15.4. The summed E-state index contributed by atoms with van der Waals surface area (Å²) in [4.78, 5) is 12.8. The summed E-state index contributed by atoms with van der Waals surface area (Å²) in [5, 5.41) is 12.0. The molecule has 1 N–H and O–H groups in total. The Bertz CT molecular complexity index is 1050. The molecule has 1 aliphatic heterocycles. The Hall–Kier alpha value is -2.40. The predicted octanol–water partition coefficient (Wildman–Crippen LogP) is 3.95. The molecule has 2 aromatic carbocycles. The number of hydrogen-bond acceptors (Lipinski definition) is 4. The lowest BCUT2D eigenvalue weighted by Crippen LogP contribution is -2.36. The van der Waals surface area contributed by atoms with E-state index in [4.69, 9.17) is 16.9 Å². The fraction of sp³-hybridized carbons (Fsp3) is 0.300. The SMILES string of the molecule is Cc1ccc(C(=O)Nc2ccc(Cl)c(C#N)c2)cc1S(=O)(=O)N1CCCCC1. The van der Waals surface area contributed by atoms with Crippen LogP contribution < -0.4 is 5.32 Å². The van der Waals surface area contributed by atoms with Crippen molar-refractivity contribution in [3.05, 3.63) is 58.1 Å². The normalized spacial score (nSPS) is 15.0. The van der Waals surface area contributed by atoms with Gasteiger partial charge in [0.15, 0.2) is 0 Å². The van der Waals surface area contributed by atoms with Gasteiger partial charge in [-0.15, -0.1) is 0 Å². The van der Waals surface area contributed by atoms with Crippen LogP contribution in [0.15, 0.2) is 41.3 Å². The minimum atomic E-state index is -3.65. The first-order valence-electron chi connectivity index (χ1n) is 8.95. The van der Waals surface area contributed by atoms with Crippen molar-refractivity contribution >= 4 is 33.2 Å². The maximum atomic E-state index is 13.0. The summed E-state index contributed by atoms with van der Waals surface area (Å²) in [6.07, 6.45) is 2.71. The van der Waals surface area contributed by atoms with Gasteiger partial charge in [0, 0.05) is 24.3 Å².